The number of nitrogens with one attached hydrogen (secondary N) is 2. The highest BCUT2D eigenvalue weighted by Crippen LogP contribution is 2.09. The molecule has 1 aliphatic heterocycles. The van der Waals surface area contributed by atoms with Gasteiger partial charge in [-0.1, -0.05) is 0 Å². The van der Waals surface area contributed by atoms with Crippen LogP contribution < -0.4 is 10.8 Å². The van der Waals surface area contributed by atoms with Crippen molar-refractivity contribution < 1.29 is 9.63 Å². The minimum atomic E-state index is -0.0891. The van der Waals surface area contributed by atoms with Crippen molar-refractivity contribution in [3.63, 3.8) is 0 Å². The number of rotatable bonds is 3. The van der Waals surface area contributed by atoms with Gasteiger partial charge < -0.3 is 0 Å². The lowest BCUT2D eigenvalue weighted by molar-refractivity contribution is -0.138. The molecule has 0 aliphatic carbocycles. The highest BCUT2D eigenvalue weighted by Gasteiger charge is 2.22. The number of carbonyl (C=O) groups is 1. The predicted octanol–water partition coefficient (Wildman–Crippen LogP) is 0.105. The van der Waals surface area contributed by atoms with Crippen LogP contribution in [0.3, 0.4) is 0 Å². The van der Waals surface area contributed by atoms with Gasteiger partial charge in [0.15, 0.2) is 0 Å². The summed E-state index contributed by atoms with van der Waals surface area (Å²) in [6.45, 7) is 3.74. The second kappa shape index (κ2) is 4.69. The fourth-order valence-corrected chi connectivity index (χ4v) is 1.75. The minimum Gasteiger partial charge on any atom is -0.296 e. The highest BCUT2D eigenvalue weighted by molar-refractivity contribution is 7.99. The topological polar surface area (TPSA) is 50.4 Å². The van der Waals surface area contributed by atoms with Crippen molar-refractivity contribution in [3.8, 4) is 0 Å². The molecular formula is C7H14N2O2S. The largest absolute Gasteiger partial charge is 0.296 e. The number of hydrogen-bond acceptors (Lipinski definition) is 4. The van der Waals surface area contributed by atoms with Gasteiger partial charge in [0.25, 0.3) is 5.91 Å². The van der Waals surface area contributed by atoms with Crippen molar-refractivity contribution in [2.75, 3.05) is 11.6 Å². The van der Waals surface area contributed by atoms with Crippen LogP contribution in [0.2, 0.25) is 0 Å². The first kappa shape index (κ1) is 9.83. The van der Waals surface area contributed by atoms with E-state index in [1.165, 1.54) is 0 Å². The summed E-state index contributed by atoms with van der Waals surface area (Å²) in [5.74, 6) is 1.60. The Morgan fingerprint density at radius 1 is 1.75 bits per heavy atom. The van der Waals surface area contributed by atoms with Gasteiger partial charge in [0, 0.05) is 11.6 Å². The van der Waals surface area contributed by atoms with E-state index in [1.54, 1.807) is 11.8 Å². The number of hydroxylamine groups is 1. The number of amides is 1. The van der Waals surface area contributed by atoms with E-state index >= 15 is 0 Å². The lowest BCUT2D eigenvalue weighted by atomic mass is 10.3. The molecule has 1 amide bonds. The zero-order chi connectivity index (χ0) is 8.97. The van der Waals surface area contributed by atoms with Gasteiger partial charge in [-0.05, 0) is 13.8 Å². The van der Waals surface area contributed by atoms with Crippen molar-refractivity contribution in [3.05, 3.63) is 0 Å². The Kier molecular flexibility index (Phi) is 3.84. The Hall–Kier alpha value is -0.260. The van der Waals surface area contributed by atoms with Crippen LogP contribution in [0.5, 0.6) is 0 Å². The smallest absolute Gasteiger partial charge is 0.261 e. The first-order valence-electron chi connectivity index (χ1n) is 3.97. The average molecular weight is 190 g/mol. The fraction of sp³-hybridized carbons (Fsp3) is 0.857. The van der Waals surface area contributed by atoms with Crippen molar-refractivity contribution in [2.24, 2.45) is 0 Å². The SMILES string of the molecule is CC(C)ONC(=O)C1CSCN1. The lowest BCUT2D eigenvalue weighted by Gasteiger charge is -2.11. The first-order valence-corrected chi connectivity index (χ1v) is 5.12. The molecule has 1 unspecified atom stereocenters. The van der Waals surface area contributed by atoms with Crippen molar-refractivity contribution in [2.45, 2.75) is 26.0 Å². The van der Waals surface area contributed by atoms with E-state index in [0.717, 1.165) is 11.6 Å². The molecule has 70 valence electrons. The van der Waals surface area contributed by atoms with Crippen LogP contribution in [-0.2, 0) is 9.63 Å². The van der Waals surface area contributed by atoms with Gasteiger partial charge in [0.2, 0.25) is 0 Å². The fourth-order valence-electron chi connectivity index (χ4n) is 0.811. The quantitative estimate of drug-likeness (QED) is 0.620. The molecule has 1 fully saturated rings. The number of carbonyl (C=O) groups excluding carboxylic acids is 1. The predicted molar refractivity (Wildman–Crippen MR) is 48.6 cm³/mol. The molecule has 1 saturated heterocycles. The van der Waals surface area contributed by atoms with Crippen molar-refractivity contribution in [1.82, 2.24) is 10.8 Å². The molecule has 1 heterocycles. The summed E-state index contributed by atoms with van der Waals surface area (Å²) in [6.07, 6.45) is 0.0306. The molecule has 1 rings (SSSR count). The van der Waals surface area contributed by atoms with E-state index in [2.05, 4.69) is 10.8 Å². The van der Waals surface area contributed by atoms with Crippen LogP contribution in [-0.4, -0.2) is 29.7 Å². The maximum atomic E-state index is 11.2. The van der Waals surface area contributed by atoms with Crippen LogP contribution in [0.1, 0.15) is 13.8 Å². The van der Waals surface area contributed by atoms with E-state index in [0.29, 0.717) is 0 Å². The Morgan fingerprint density at radius 3 is 3.00 bits per heavy atom. The van der Waals surface area contributed by atoms with Crippen LogP contribution in [0.4, 0.5) is 0 Å². The second-order valence-electron chi connectivity index (χ2n) is 2.90. The van der Waals surface area contributed by atoms with Gasteiger partial charge >= 0.3 is 0 Å². The Labute approximate surface area is 76.4 Å². The molecule has 4 nitrogen and oxygen atoms in total. The molecule has 12 heavy (non-hydrogen) atoms. The van der Waals surface area contributed by atoms with E-state index in [1.807, 2.05) is 13.8 Å². The molecule has 0 bridgehead atoms. The van der Waals surface area contributed by atoms with Gasteiger partial charge in [0.05, 0.1) is 12.1 Å². The summed E-state index contributed by atoms with van der Waals surface area (Å²) < 4.78 is 0. The molecule has 5 heteroatoms. The molecule has 0 spiro atoms. The van der Waals surface area contributed by atoms with Gasteiger partial charge in [-0.3, -0.25) is 14.9 Å². The molecule has 1 aliphatic rings. The van der Waals surface area contributed by atoms with Crippen molar-refractivity contribution >= 4 is 17.7 Å². The average Bonchev–Trinajstić information content (AvgIpc) is 2.51. The zero-order valence-electron chi connectivity index (χ0n) is 7.29. The second-order valence-corrected chi connectivity index (χ2v) is 3.94. The summed E-state index contributed by atoms with van der Waals surface area (Å²) in [7, 11) is 0. The summed E-state index contributed by atoms with van der Waals surface area (Å²) >= 11 is 1.72. The van der Waals surface area contributed by atoms with Crippen LogP contribution in [0.15, 0.2) is 0 Å². The Morgan fingerprint density at radius 2 is 2.50 bits per heavy atom. The highest BCUT2D eigenvalue weighted by atomic mass is 32.2. The maximum Gasteiger partial charge on any atom is 0.261 e. The van der Waals surface area contributed by atoms with Gasteiger partial charge in [-0.25, -0.2) is 5.48 Å². The van der Waals surface area contributed by atoms with E-state index in [9.17, 15) is 4.79 Å². The number of hydrogen-bond donors (Lipinski definition) is 2. The summed E-state index contributed by atoms with van der Waals surface area (Å²) in [6, 6.07) is -0.0891. The Bertz CT molecular complexity index is 157. The van der Waals surface area contributed by atoms with E-state index in [4.69, 9.17) is 4.84 Å². The van der Waals surface area contributed by atoms with E-state index in [-0.39, 0.29) is 18.1 Å². The third-order valence-corrected chi connectivity index (χ3v) is 2.37. The summed E-state index contributed by atoms with van der Waals surface area (Å²) in [4.78, 5) is 16.2. The lowest BCUT2D eigenvalue weighted by Crippen LogP contribution is -2.42. The Balaban J connectivity index is 2.18. The summed E-state index contributed by atoms with van der Waals surface area (Å²) in [5.41, 5.74) is 2.41. The van der Waals surface area contributed by atoms with Crippen LogP contribution in [0.25, 0.3) is 0 Å². The normalized spacial score (nSPS) is 23.1. The van der Waals surface area contributed by atoms with Crippen LogP contribution >= 0.6 is 11.8 Å². The molecular weight excluding hydrogens is 176 g/mol. The molecule has 0 saturated carbocycles. The van der Waals surface area contributed by atoms with Crippen molar-refractivity contribution in [1.29, 1.82) is 0 Å². The number of thioether (sulfide) groups is 1. The van der Waals surface area contributed by atoms with Crippen LogP contribution in [0, 0.1) is 0 Å². The van der Waals surface area contributed by atoms with Gasteiger partial charge in [0.1, 0.15) is 0 Å². The molecule has 1 atom stereocenters. The zero-order valence-corrected chi connectivity index (χ0v) is 8.11. The minimum absolute atomic E-state index is 0.0306. The van der Waals surface area contributed by atoms with E-state index < -0.39 is 0 Å². The third kappa shape index (κ3) is 3.00. The molecule has 0 aromatic rings. The van der Waals surface area contributed by atoms with Gasteiger partial charge in [-0.15, -0.1) is 11.8 Å². The molecule has 2 N–H and O–H groups in total. The maximum absolute atomic E-state index is 11.2. The molecule has 0 radical (unpaired) electrons. The first-order chi connectivity index (χ1) is 5.70. The third-order valence-electron chi connectivity index (χ3n) is 1.43. The molecule has 0 aromatic heterocycles. The standard InChI is InChI=1S/C7H14N2O2S/c1-5(2)11-9-7(10)6-3-12-4-8-6/h5-6,8H,3-4H2,1-2H3,(H,9,10). The summed E-state index contributed by atoms with van der Waals surface area (Å²) in [5, 5.41) is 3.05. The molecule has 0 aromatic carbocycles. The van der Waals surface area contributed by atoms with Gasteiger partial charge in [-0.2, -0.15) is 0 Å². The monoisotopic (exact) mass is 190 g/mol.